The fourth-order valence-electron chi connectivity index (χ4n) is 2.24. The average Bonchev–Trinajstić information content (AvgIpc) is 3.23. The van der Waals surface area contributed by atoms with Crippen molar-refractivity contribution in [2.75, 3.05) is 20.3 Å². The van der Waals surface area contributed by atoms with Crippen molar-refractivity contribution in [2.24, 2.45) is 5.92 Å². The molecule has 5 heteroatoms. The fraction of sp³-hybridized carbons (Fsp3) is 0.571. The van der Waals surface area contributed by atoms with Gasteiger partial charge in [0.25, 0.3) is 5.91 Å². The summed E-state index contributed by atoms with van der Waals surface area (Å²) in [5.41, 5.74) is 0.0905. The Labute approximate surface area is 112 Å². The van der Waals surface area contributed by atoms with Gasteiger partial charge in [-0.2, -0.15) is 0 Å². The fourth-order valence-corrected chi connectivity index (χ4v) is 2.24. The first-order valence-corrected chi connectivity index (χ1v) is 6.62. The van der Waals surface area contributed by atoms with Crippen LogP contribution in [0.3, 0.4) is 0 Å². The number of H-pyrrole nitrogens is 1. The van der Waals surface area contributed by atoms with Crippen LogP contribution in [0.15, 0.2) is 23.0 Å². The Morgan fingerprint density at radius 3 is 2.84 bits per heavy atom. The number of pyridine rings is 1. The Balaban J connectivity index is 2.16. The van der Waals surface area contributed by atoms with Crippen LogP contribution in [0.2, 0.25) is 0 Å². The van der Waals surface area contributed by atoms with Crippen LogP contribution in [0.25, 0.3) is 0 Å². The van der Waals surface area contributed by atoms with Gasteiger partial charge in [-0.25, -0.2) is 0 Å². The Bertz CT molecular complexity index is 493. The first-order chi connectivity index (χ1) is 9.13. The summed E-state index contributed by atoms with van der Waals surface area (Å²) in [4.78, 5) is 28.2. The molecule has 0 aromatic carbocycles. The average molecular weight is 264 g/mol. The third-order valence-electron chi connectivity index (χ3n) is 3.59. The van der Waals surface area contributed by atoms with Crippen molar-refractivity contribution in [1.29, 1.82) is 0 Å². The molecule has 1 heterocycles. The lowest BCUT2D eigenvalue weighted by Crippen LogP contribution is -2.42. The highest BCUT2D eigenvalue weighted by Gasteiger charge is 2.34. The van der Waals surface area contributed by atoms with E-state index in [0.29, 0.717) is 24.8 Å². The molecule has 1 atom stereocenters. The molecule has 104 valence electrons. The summed E-state index contributed by atoms with van der Waals surface area (Å²) < 4.78 is 5.07. The van der Waals surface area contributed by atoms with E-state index >= 15 is 0 Å². The van der Waals surface area contributed by atoms with Gasteiger partial charge in [0.2, 0.25) is 5.56 Å². The quantitative estimate of drug-likeness (QED) is 0.841. The zero-order valence-corrected chi connectivity index (χ0v) is 11.4. The van der Waals surface area contributed by atoms with Gasteiger partial charge in [-0.15, -0.1) is 0 Å². The highest BCUT2D eigenvalue weighted by Crippen LogP contribution is 2.35. The first kappa shape index (κ1) is 13.8. The van der Waals surface area contributed by atoms with Gasteiger partial charge in [0, 0.05) is 25.8 Å². The number of nitrogens with one attached hydrogen (secondary N) is 1. The lowest BCUT2D eigenvalue weighted by molar-refractivity contribution is 0.0588. The molecular formula is C14H20N2O3. The minimum atomic E-state index is -0.253. The van der Waals surface area contributed by atoms with Gasteiger partial charge >= 0.3 is 0 Å². The molecule has 1 aromatic heterocycles. The number of methoxy groups -OCH3 is 1. The summed E-state index contributed by atoms with van der Waals surface area (Å²) in [5, 5.41) is 0. The van der Waals surface area contributed by atoms with Crippen molar-refractivity contribution in [3.8, 4) is 0 Å². The van der Waals surface area contributed by atoms with E-state index in [0.717, 1.165) is 0 Å². The smallest absolute Gasteiger partial charge is 0.270 e. The van der Waals surface area contributed by atoms with Gasteiger partial charge in [0.15, 0.2) is 0 Å². The predicted octanol–water partition coefficient (Wildman–Crippen LogP) is 1.26. The Morgan fingerprint density at radius 2 is 2.26 bits per heavy atom. The Morgan fingerprint density at radius 1 is 1.53 bits per heavy atom. The number of hydrogen-bond acceptors (Lipinski definition) is 3. The van der Waals surface area contributed by atoms with Crippen LogP contribution < -0.4 is 5.56 Å². The number of carbonyl (C=O) groups excluding carboxylic acids is 1. The second kappa shape index (κ2) is 6.02. The molecule has 0 bridgehead atoms. The number of aromatic nitrogens is 1. The number of aromatic amines is 1. The molecule has 1 aliphatic rings. The SMILES string of the molecule is COCCN(C(=O)c1cccc(=O)[nH]1)C(C)C1CC1. The van der Waals surface area contributed by atoms with E-state index in [9.17, 15) is 9.59 Å². The van der Waals surface area contributed by atoms with Gasteiger partial charge in [0.1, 0.15) is 5.69 Å². The molecule has 1 amide bonds. The third-order valence-corrected chi connectivity index (χ3v) is 3.59. The molecule has 1 fully saturated rings. The van der Waals surface area contributed by atoms with E-state index in [1.54, 1.807) is 24.1 Å². The van der Waals surface area contributed by atoms with Crippen LogP contribution in [0.4, 0.5) is 0 Å². The van der Waals surface area contributed by atoms with Crippen molar-refractivity contribution in [2.45, 2.75) is 25.8 Å². The van der Waals surface area contributed by atoms with Crippen LogP contribution in [-0.2, 0) is 4.74 Å². The molecule has 1 aliphatic carbocycles. The molecule has 2 rings (SSSR count). The molecule has 5 nitrogen and oxygen atoms in total. The predicted molar refractivity (Wildman–Crippen MR) is 72.2 cm³/mol. The zero-order valence-electron chi connectivity index (χ0n) is 11.4. The maximum Gasteiger partial charge on any atom is 0.270 e. The molecule has 19 heavy (non-hydrogen) atoms. The third kappa shape index (κ3) is 3.44. The molecule has 1 N–H and O–H groups in total. The highest BCUT2D eigenvalue weighted by atomic mass is 16.5. The number of amides is 1. The molecule has 0 spiro atoms. The summed E-state index contributed by atoms with van der Waals surface area (Å²) in [6.07, 6.45) is 2.34. The number of carbonyl (C=O) groups is 1. The summed E-state index contributed by atoms with van der Waals surface area (Å²) in [6.45, 7) is 3.11. The molecule has 1 saturated carbocycles. The minimum absolute atomic E-state index is 0.130. The zero-order chi connectivity index (χ0) is 13.8. The van der Waals surface area contributed by atoms with Crippen molar-refractivity contribution < 1.29 is 9.53 Å². The van der Waals surface area contributed by atoms with E-state index in [4.69, 9.17) is 4.74 Å². The van der Waals surface area contributed by atoms with E-state index in [1.165, 1.54) is 18.9 Å². The number of hydrogen-bond donors (Lipinski definition) is 1. The summed E-state index contributed by atoms with van der Waals surface area (Å²) in [5.74, 6) is 0.449. The molecule has 0 radical (unpaired) electrons. The van der Waals surface area contributed by atoms with Gasteiger partial charge in [-0.1, -0.05) is 6.07 Å². The van der Waals surface area contributed by atoms with E-state index in [2.05, 4.69) is 11.9 Å². The monoisotopic (exact) mass is 264 g/mol. The number of rotatable bonds is 6. The minimum Gasteiger partial charge on any atom is -0.383 e. The summed E-state index contributed by atoms with van der Waals surface area (Å²) >= 11 is 0. The van der Waals surface area contributed by atoms with E-state index < -0.39 is 0 Å². The number of ether oxygens (including phenoxy) is 1. The first-order valence-electron chi connectivity index (χ1n) is 6.62. The molecule has 1 aromatic rings. The molecule has 1 unspecified atom stereocenters. The summed E-state index contributed by atoms with van der Waals surface area (Å²) in [7, 11) is 1.62. The van der Waals surface area contributed by atoms with Gasteiger partial charge in [0.05, 0.1) is 6.61 Å². The molecule has 0 aliphatic heterocycles. The van der Waals surface area contributed by atoms with E-state index in [-0.39, 0.29) is 17.5 Å². The highest BCUT2D eigenvalue weighted by molar-refractivity contribution is 5.92. The Kier molecular flexibility index (Phi) is 4.37. The van der Waals surface area contributed by atoms with Crippen LogP contribution in [0.5, 0.6) is 0 Å². The van der Waals surface area contributed by atoms with E-state index in [1.807, 2.05) is 0 Å². The maximum absolute atomic E-state index is 12.5. The van der Waals surface area contributed by atoms with Gasteiger partial charge in [-0.3, -0.25) is 9.59 Å². The lowest BCUT2D eigenvalue weighted by Gasteiger charge is -2.29. The van der Waals surface area contributed by atoms with Crippen molar-refractivity contribution >= 4 is 5.91 Å². The molecular weight excluding hydrogens is 244 g/mol. The molecule has 0 saturated heterocycles. The van der Waals surface area contributed by atoms with Crippen molar-refractivity contribution in [3.05, 3.63) is 34.2 Å². The standard InChI is InChI=1S/C14H20N2O3/c1-10(11-6-7-11)16(8-9-19-2)14(18)12-4-3-5-13(17)15-12/h3-5,10-11H,6-9H2,1-2H3,(H,15,17). The van der Waals surface area contributed by atoms with Crippen LogP contribution >= 0.6 is 0 Å². The second-order valence-electron chi connectivity index (χ2n) is 5.00. The maximum atomic E-state index is 12.5. The normalized spacial score (nSPS) is 16.1. The van der Waals surface area contributed by atoms with Crippen LogP contribution in [0.1, 0.15) is 30.3 Å². The van der Waals surface area contributed by atoms with Crippen LogP contribution in [0, 0.1) is 5.92 Å². The van der Waals surface area contributed by atoms with Gasteiger partial charge < -0.3 is 14.6 Å². The van der Waals surface area contributed by atoms with Crippen LogP contribution in [-0.4, -0.2) is 42.1 Å². The van der Waals surface area contributed by atoms with Gasteiger partial charge in [-0.05, 0) is 31.7 Å². The largest absolute Gasteiger partial charge is 0.383 e. The number of nitrogens with zero attached hydrogens (tertiary/aromatic N) is 1. The Hall–Kier alpha value is -1.62. The topological polar surface area (TPSA) is 62.4 Å². The second-order valence-corrected chi connectivity index (χ2v) is 5.00. The van der Waals surface area contributed by atoms with Crippen molar-refractivity contribution in [3.63, 3.8) is 0 Å². The summed E-state index contributed by atoms with van der Waals surface area (Å²) in [6, 6.07) is 4.83. The lowest BCUT2D eigenvalue weighted by atomic mass is 10.1. The van der Waals surface area contributed by atoms with Crippen molar-refractivity contribution in [1.82, 2.24) is 9.88 Å².